The second-order valence-corrected chi connectivity index (χ2v) is 6.32. The van der Waals surface area contributed by atoms with Crippen LogP contribution in [0.25, 0.3) is 11.0 Å². The van der Waals surface area contributed by atoms with Gasteiger partial charge in [-0.1, -0.05) is 17.8 Å². The topological polar surface area (TPSA) is 67.0 Å². The number of H-pyrrole nitrogens is 1. The first-order valence-corrected chi connectivity index (χ1v) is 8.74. The van der Waals surface area contributed by atoms with E-state index in [0.717, 1.165) is 27.6 Å². The van der Waals surface area contributed by atoms with Crippen LogP contribution >= 0.6 is 11.8 Å². The molecule has 0 atom stereocenters. The number of carbonyl (C=O) groups is 1. The van der Waals surface area contributed by atoms with Gasteiger partial charge in [0.25, 0.3) is 0 Å². The molecule has 0 bridgehead atoms. The highest BCUT2D eigenvalue weighted by atomic mass is 32.2. The lowest BCUT2D eigenvalue weighted by molar-refractivity contribution is -0.113. The van der Waals surface area contributed by atoms with Crippen molar-refractivity contribution in [1.29, 1.82) is 0 Å². The molecule has 0 unspecified atom stereocenters. The molecule has 3 aromatic rings. The van der Waals surface area contributed by atoms with Crippen molar-refractivity contribution in [2.24, 2.45) is 0 Å². The number of benzene rings is 2. The molecule has 2 N–H and O–H groups in total. The Bertz CT molecular complexity index is 843. The van der Waals surface area contributed by atoms with Crippen LogP contribution in [0.2, 0.25) is 0 Å². The maximum absolute atomic E-state index is 12.1. The number of ether oxygens (including phenoxy) is 1. The number of amides is 1. The molecule has 0 spiro atoms. The minimum Gasteiger partial charge on any atom is -0.494 e. The van der Waals surface area contributed by atoms with Crippen molar-refractivity contribution in [3.8, 4) is 5.75 Å². The Morgan fingerprint density at radius 3 is 2.79 bits per heavy atom. The van der Waals surface area contributed by atoms with E-state index in [2.05, 4.69) is 15.3 Å². The number of hydrogen-bond acceptors (Lipinski definition) is 4. The summed E-state index contributed by atoms with van der Waals surface area (Å²) >= 11 is 1.39. The molecule has 0 radical (unpaired) electrons. The van der Waals surface area contributed by atoms with Gasteiger partial charge >= 0.3 is 0 Å². The third-order valence-electron chi connectivity index (χ3n) is 3.40. The van der Waals surface area contributed by atoms with Gasteiger partial charge in [0.05, 0.1) is 23.4 Å². The predicted molar refractivity (Wildman–Crippen MR) is 97.8 cm³/mol. The lowest BCUT2D eigenvalue weighted by Gasteiger charge is -2.06. The van der Waals surface area contributed by atoms with Crippen LogP contribution in [0.5, 0.6) is 5.75 Å². The smallest absolute Gasteiger partial charge is 0.234 e. The van der Waals surface area contributed by atoms with E-state index in [4.69, 9.17) is 4.74 Å². The van der Waals surface area contributed by atoms with Crippen LogP contribution in [0.1, 0.15) is 12.5 Å². The van der Waals surface area contributed by atoms with Crippen molar-refractivity contribution in [3.63, 3.8) is 0 Å². The van der Waals surface area contributed by atoms with Crippen molar-refractivity contribution < 1.29 is 9.53 Å². The number of nitrogens with one attached hydrogen (secondary N) is 2. The van der Waals surface area contributed by atoms with Gasteiger partial charge in [-0.15, -0.1) is 0 Å². The van der Waals surface area contributed by atoms with E-state index >= 15 is 0 Å². The van der Waals surface area contributed by atoms with Gasteiger partial charge in [-0.2, -0.15) is 0 Å². The normalized spacial score (nSPS) is 10.8. The third kappa shape index (κ3) is 4.08. The Hall–Kier alpha value is -2.47. The summed E-state index contributed by atoms with van der Waals surface area (Å²) in [5.74, 6) is 1.02. The van der Waals surface area contributed by atoms with E-state index in [1.807, 2.05) is 56.3 Å². The van der Waals surface area contributed by atoms with Crippen LogP contribution < -0.4 is 10.1 Å². The standard InChI is InChI=1S/C18H19N3O2S/c1-3-23-14-7-5-13(6-8-14)19-17(22)11-24-18-20-15-9-4-12(2)10-16(15)21-18/h4-10H,3,11H2,1-2H3,(H,19,22)(H,20,21). The quantitative estimate of drug-likeness (QED) is 0.665. The van der Waals surface area contributed by atoms with E-state index in [0.29, 0.717) is 12.4 Å². The molecule has 0 aliphatic heterocycles. The SMILES string of the molecule is CCOc1ccc(NC(=O)CSc2nc3ccc(C)cc3[nH]2)cc1. The van der Waals surface area contributed by atoms with Crippen molar-refractivity contribution in [2.45, 2.75) is 19.0 Å². The third-order valence-corrected chi connectivity index (χ3v) is 4.28. The Balaban J connectivity index is 1.56. The maximum atomic E-state index is 12.1. The van der Waals surface area contributed by atoms with E-state index in [-0.39, 0.29) is 5.91 Å². The van der Waals surface area contributed by atoms with Gasteiger partial charge in [-0.05, 0) is 55.8 Å². The summed E-state index contributed by atoms with van der Waals surface area (Å²) in [5, 5.41) is 3.62. The molecule has 0 fully saturated rings. The van der Waals surface area contributed by atoms with E-state index in [1.165, 1.54) is 17.3 Å². The summed E-state index contributed by atoms with van der Waals surface area (Å²) in [7, 11) is 0. The van der Waals surface area contributed by atoms with Crippen LogP contribution in [-0.2, 0) is 4.79 Å². The van der Waals surface area contributed by atoms with Crippen molar-refractivity contribution >= 4 is 34.4 Å². The van der Waals surface area contributed by atoms with Gasteiger partial charge in [0.2, 0.25) is 5.91 Å². The van der Waals surface area contributed by atoms with Gasteiger partial charge in [0.15, 0.2) is 5.16 Å². The Morgan fingerprint density at radius 2 is 2.04 bits per heavy atom. The highest BCUT2D eigenvalue weighted by Crippen LogP contribution is 2.21. The van der Waals surface area contributed by atoms with Gasteiger partial charge in [-0.3, -0.25) is 4.79 Å². The largest absolute Gasteiger partial charge is 0.494 e. The number of aromatic nitrogens is 2. The predicted octanol–water partition coefficient (Wildman–Crippen LogP) is 4.00. The van der Waals surface area contributed by atoms with Crippen LogP contribution in [-0.4, -0.2) is 28.2 Å². The number of nitrogens with zero attached hydrogens (tertiary/aromatic N) is 1. The lowest BCUT2D eigenvalue weighted by atomic mass is 10.2. The number of anilines is 1. The van der Waals surface area contributed by atoms with E-state index in [9.17, 15) is 4.79 Å². The molecule has 0 saturated heterocycles. The molecule has 6 heteroatoms. The van der Waals surface area contributed by atoms with Crippen LogP contribution in [0, 0.1) is 6.92 Å². The van der Waals surface area contributed by atoms with Gasteiger partial charge < -0.3 is 15.0 Å². The minimum atomic E-state index is -0.0687. The van der Waals surface area contributed by atoms with Crippen LogP contribution in [0.4, 0.5) is 5.69 Å². The van der Waals surface area contributed by atoms with Gasteiger partial charge in [-0.25, -0.2) is 4.98 Å². The zero-order valence-corrected chi connectivity index (χ0v) is 14.4. The molecule has 1 amide bonds. The Morgan fingerprint density at radius 1 is 1.25 bits per heavy atom. The Labute approximate surface area is 144 Å². The maximum Gasteiger partial charge on any atom is 0.234 e. The number of thioether (sulfide) groups is 1. The number of carbonyl (C=O) groups excluding carboxylic acids is 1. The highest BCUT2D eigenvalue weighted by Gasteiger charge is 2.08. The van der Waals surface area contributed by atoms with Gasteiger partial charge in [0, 0.05) is 5.69 Å². The molecule has 124 valence electrons. The molecule has 2 aromatic carbocycles. The Kier molecular flexibility index (Phi) is 5.05. The number of imidazole rings is 1. The summed E-state index contributed by atoms with van der Waals surface area (Å²) in [4.78, 5) is 19.8. The summed E-state index contributed by atoms with van der Waals surface area (Å²) in [6.07, 6.45) is 0. The molecule has 0 aliphatic carbocycles. The van der Waals surface area contributed by atoms with E-state index in [1.54, 1.807) is 0 Å². The first-order valence-electron chi connectivity index (χ1n) is 7.76. The lowest BCUT2D eigenvalue weighted by Crippen LogP contribution is -2.14. The highest BCUT2D eigenvalue weighted by molar-refractivity contribution is 7.99. The molecule has 1 heterocycles. The molecular formula is C18H19N3O2S. The van der Waals surface area contributed by atoms with Crippen LogP contribution in [0.3, 0.4) is 0 Å². The fourth-order valence-corrected chi connectivity index (χ4v) is 2.99. The molecule has 1 aromatic heterocycles. The summed E-state index contributed by atoms with van der Waals surface area (Å²) in [5.41, 5.74) is 3.83. The second-order valence-electron chi connectivity index (χ2n) is 5.36. The fourth-order valence-electron chi connectivity index (χ4n) is 2.30. The first-order chi connectivity index (χ1) is 11.6. The van der Waals surface area contributed by atoms with Gasteiger partial charge in [0.1, 0.15) is 5.75 Å². The molecule has 0 aliphatic rings. The fraction of sp³-hybridized carbons (Fsp3) is 0.222. The monoisotopic (exact) mass is 341 g/mol. The number of aryl methyl sites for hydroxylation is 1. The molecule has 0 saturated carbocycles. The van der Waals surface area contributed by atoms with E-state index < -0.39 is 0 Å². The summed E-state index contributed by atoms with van der Waals surface area (Å²) < 4.78 is 5.38. The zero-order chi connectivity index (χ0) is 16.9. The number of fused-ring (bicyclic) bond motifs is 1. The molecule has 5 nitrogen and oxygen atoms in total. The molecule has 3 rings (SSSR count). The number of hydrogen-bond donors (Lipinski definition) is 2. The van der Waals surface area contributed by atoms with Crippen molar-refractivity contribution in [3.05, 3.63) is 48.0 Å². The minimum absolute atomic E-state index is 0.0687. The average Bonchev–Trinajstić information content (AvgIpc) is 2.97. The average molecular weight is 341 g/mol. The number of aromatic amines is 1. The first kappa shape index (κ1) is 16.4. The summed E-state index contributed by atoms with van der Waals surface area (Å²) in [6, 6.07) is 13.4. The second kappa shape index (κ2) is 7.40. The number of rotatable bonds is 6. The van der Waals surface area contributed by atoms with Crippen LogP contribution in [0.15, 0.2) is 47.6 Å². The molecule has 24 heavy (non-hydrogen) atoms. The summed E-state index contributed by atoms with van der Waals surface area (Å²) in [6.45, 7) is 4.60. The van der Waals surface area contributed by atoms with Crippen molar-refractivity contribution in [1.82, 2.24) is 9.97 Å². The van der Waals surface area contributed by atoms with Crippen molar-refractivity contribution in [2.75, 3.05) is 17.7 Å². The zero-order valence-electron chi connectivity index (χ0n) is 13.6. The molecular weight excluding hydrogens is 322 g/mol.